The maximum absolute atomic E-state index is 11.5. The number of nitrogens with zero attached hydrogens (tertiary/aromatic N) is 2. The van der Waals surface area contributed by atoms with Gasteiger partial charge in [0.1, 0.15) is 11.3 Å². The Morgan fingerprint density at radius 2 is 2.21 bits per heavy atom. The SMILES string of the molecule is COC(=O)c1cc2cc(NCc3cccc([N+](=O)[O-])c3)cnc2[nH]1. The summed E-state index contributed by atoms with van der Waals surface area (Å²) in [4.78, 5) is 29.0. The van der Waals surface area contributed by atoms with Gasteiger partial charge in [-0.1, -0.05) is 12.1 Å². The zero-order valence-electron chi connectivity index (χ0n) is 12.8. The Balaban J connectivity index is 1.77. The standard InChI is InChI=1S/C16H14N4O4/c1-24-16(21)14-7-11-6-12(9-18-15(11)19-14)17-8-10-3-2-4-13(5-10)20(22)23/h2-7,9,17H,8H2,1H3,(H,18,19). The molecule has 0 fully saturated rings. The van der Waals surface area contributed by atoms with Gasteiger partial charge in [-0.2, -0.15) is 0 Å². The van der Waals surface area contributed by atoms with Gasteiger partial charge in [0.05, 0.1) is 23.9 Å². The molecule has 8 nitrogen and oxygen atoms in total. The van der Waals surface area contributed by atoms with E-state index in [1.54, 1.807) is 24.4 Å². The van der Waals surface area contributed by atoms with Crippen LogP contribution in [0.3, 0.4) is 0 Å². The lowest BCUT2D eigenvalue weighted by Crippen LogP contribution is -2.00. The molecule has 2 N–H and O–H groups in total. The summed E-state index contributed by atoms with van der Waals surface area (Å²) in [6, 6.07) is 9.91. The van der Waals surface area contributed by atoms with Crippen LogP contribution in [0.1, 0.15) is 16.1 Å². The van der Waals surface area contributed by atoms with E-state index in [2.05, 4.69) is 20.0 Å². The number of hydrogen-bond acceptors (Lipinski definition) is 6. The molecule has 0 amide bonds. The molecule has 3 rings (SSSR count). The van der Waals surface area contributed by atoms with Gasteiger partial charge in [0, 0.05) is 24.1 Å². The normalized spacial score (nSPS) is 10.5. The third-order valence-corrected chi connectivity index (χ3v) is 3.49. The van der Waals surface area contributed by atoms with E-state index in [1.807, 2.05) is 6.07 Å². The maximum Gasteiger partial charge on any atom is 0.354 e. The van der Waals surface area contributed by atoms with Gasteiger partial charge in [-0.15, -0.1) is 0 Å². The monoisotopic (exact) mass is 326 g/mol. The summed E-state index contributed by atoms with van der Waals surface area (Å²) in [6.45, 7) is 0.420. The number of nitro groups is 1. The lowest BCUT2D eigenvalue weighted by atomic mass is 10.2. The molecule has 8 heteroatoms. The third kappa shape index (κ3) is 3.17. The van der Waals surface area contributed by atoms with Crippen LogP contribution < -0.4 is 5.32 Å². The number of fused-ring (bicyclic) bond motifs is 1. The van der Waals surface area contributed by atoms with Crippen LogP contribution in [0.5, 0.6) is 0 Å². The van der Waals surface area contributed by atoms with Gasteiger partial charge in [0.2, 0.25) is 0 Å². The second-order valence-corrected chi connectivity index (χ2v) is 5.12. The molecule has 3 aromatic rings. The van der Waals surface area contributed by atoms with E-state index in [4.69, 9.17) is 0 Å². The Bertz CT molecular complexity index is 919. The first-order valence-corrected chi connectivity index (χ1v) is 7.11. The molecule has 0 saturated carbocycles. The minimum absolute atomic E-state index is 0.0521. The van der Waals surface area contributed by atoms with E-state index in [9.17, 15) is 14.9 Å². The van der Waals surface area contributed by atoms with Gasteiger partial charge in [0.25, 0.3) is 5.69 Å². The summed E-state index contributed by atoms with van der Waals surface area (Å²) >= 11 is 0. The largest absolute Gasteiger partial charge is 0.464 e. The van der Waals surface area contributed by atoms with Crippen LogP contribution in [0.15, 0.2) is 42.6 Å². The van der Waals surface area contributed by atoms with Crippen LogP contribution in [0.4, 0.5) is 11.4 Å². The van der Waals surface area contributed by atoms with E-state index in [0.29, 0.717) is 17.9 Å². The highest BCUT2D eigenvalue weighted by Crippen LogP contribution is 2.19. The zero-order valence-corrected chi connectivity index (χ0v) is 12.8. The third-order valence-electron chi connectivity index (χ3n) is 3.49. The Kier molecular flexibility index (Phi) is 4.11. The van der Waals surface area contributed by atoms with Crippen molar-refractivity contribution in [1.82, 2.24) is 9.97 Å². The number of anilines is 1. The molecule has 0 radical (unpaired) electrons. The Labute approximate surface area is 136 Å². The molecule has 1 aromatic carbocycles. The molecular weight excluding hydrogens is 312 g/mol. The van der Waals surface area contributed by atoms with Crippen molar-refractivity contribution in [3.8, 4) is 0 Å². The topological polar surface area (TPSA) is 110 Å². The molecule has 0 aliphatic rings. The molecule has 0 atom stereocenters. The van der Waals surface area contributed by atoms with Crippen LogP contribution in [0, 0.1) is 10.1 Å². The highest BCUT2D eigenvalue weighted by molar-refractivity contribution is 5.94. The highest BCUT2D eigenvalue weighted by Gasteiger charge is 2.10. The maximum atomic E-state index is 11.5. The quantitative estimate of drug-likeness (QED) is 0.424. The number of nitro benzene ring substituents is 1. The van der Waals surface area contributed by atoms with Crippen molar-refractivity contribution in [2.24, 2.45) is 0 Å². The van der Waals surface area contributed by atoms with Gasteiger partial charge in [-0.3, -0.25) is 10.1 Å². The Morgan fingerprint density at radius 1 is 1.38 bits per heavy atom. The summed E-state index contributed by atoms with van der Waals surface area (Å²) in [5.74, 6) is -0.459. The van der Waals surface area contributed by atoms with E-state index in [0.717, 1.165) is 16.6 Å². The summed E-state index contributed by atoms with van der Waals surface area (Å²) in [5.41, 5.74) is 2.49. The summed E-state index contributed by atoms with van der Waals surface area (Å²) in [5, 5.41) is 14.7. The number of nitrogens with one attached hydrogen (secondary N) is 2. The predicted molar refractivity (Wildman–Crippen MR) is 87.9 cm³/mol. The number of aromatic nitrogens is 2. The van der Waals surface area contributed by atoms with Crippen molar-refractivity contribution in [1.29, 1.82) is 0 Å². The number of hydrogen-bond donors (Lipinski definition) is 2. The van der Waals surface area contributed by atoms with Crippen LogP contribution in [-0.2, 0) is 11.3 Å². The van der Waals surface area contributed by atoms with Crippen molar-refractivity contribution >= 4 is 28.4 Å². The van der Waals surface area contributed by atoms with Gasteiger partial charge in [0.15, 0.2) is 0 Å². The van der Waals surface area contributed by atoms with Gasteiger partial charge >= 0.3 is 5.97 Å². The minimum atomic E-state index is -0.459. The first-order chi connectivity index (χ1) is 11.6. The average Bonchev–Trinajstić information content (AvgIpc) is 3.02. The number of rotatable bonds is 5. The highest BCUT2D eigenvalue weighted by atomic mass is 16.6. The molecule has 0 saturated heterocycles. The molecule has 0 unspecified atom stereocenters. The number of non-ortho nitro benzene ring substituents is 1. The lowest BCUT2D eigenvalue weighted by Gasteiger charge is -2.06. The summed E-state index contributed by atoms with van der Waals surface area (Å²) in [6.07, 6.45) is 1.62. The molecular formula is C16H14N4O4. The second kappa shape index (κ2) is 6.37. The van der Waals surface area contributed by atoms with Crippen LogP contribution in [0.25, 0.3) is 11.0 Å². The van der Waals surface area contributed by atoms with Gasteiger partial charge < -0.3 is 15.0 Å². The first-order valence-electron chi connectivity index (χ1n) is 7.11. The zero-order chi connectivity index (χ0) is 17.1. The fourth-order valence-corrected chi connectivity index (χ4v) is 2.32. The number of aromatic amines is 1. The van der Waals surface area contributed by atoms with Crippen molar-refractivity contribution in [2.75, 3.05) is 12.4 Å². The van der Waals surface area contributed by atoms with E-state index in [1.165, 1.54) is 19.2 Å². The Hall–Kier alpha value is -3.42. The molecule has 0 aliphatic heterocycles. The minimum Gasteiger partial charge on any atom is -0.464 e. The summed E-state index contributed by atoms with van der Waals surface area (Å²) < 4.78 is 4.66. The lowest BCUT2D eigenvalue weighted by molar-refractivity contribution is -0.384. The number of ether oxygens (including phenoxy) is 1. The molecule has 0 spiro atoms. The predicted octanol–water partition coefficient (Wildman–Crippen LogP) is 2.87. The van der Waals surface area contributed by atoms with E-state index < -0.39 is 10.9 Å². The first kappa shape index (κ1) is 15.5. The number of carbonyl (C=O) groups excluding carboxylic acids is 1. The molecule has 0 aliphatic carbocycles. The smallest absolute Gasteiger partial charge is 0.354 e. The summed E-state index contributed by atoms with van der Waals surface area (Å²) in [7, 11) is 1.31. The number of methoxy groups -OCH3 is 1. The van der Waals surface area contributed by atoms with Crippen LogP contribution in [0.2, 0.25) is 0 Å². The van der Waals surface area contributed by atoms with Crippen molar-refractivity contribution in [3.63, 3.8) is 0 Å². The Morgan fingerprint density at radius 3 is 2.96 bits per heavy atom. The molecule has 2 heterocycles. The van der Waals surface area contributed by atoms with Crippen molar-refractivity contribution in [2.45, 2.75) is 6.54 Å². The number of H-pyrrole nitrogens is 1. The molecule has 122 valence electrons. The fraction of sp³-hybridized carbons (Fsp3) is 0.125. The second-order valence-electron chi connectivity index (χ2n) is 5.12. The molecule has 24 heavy (non-hydrogen) atoms. The van der Waals surface area contributed by atoms with Crippen LogP contribution >= 0.6 is 0 Å². The van der Waals surface area contributed by atoms with Crippen molar-refractivity contribution < 1.29 is 14.5 Å². The molecule has 0 bridgehead atoms. The average molecular weight is 326 g/mol. The van der Waals surface area contributed by atoms with Crippen LogP contribution in [-0.4, -0.2) is 28.0 Å². The number of benzene rings is 1. The number of carbonyl (C=O) groups is 1. The number of pyridine rings is 1. The van der Waals surface area contributed by atoms with Gasteiger partial charge in [-0.05, 0) is 17.7 Å². The fourth-order valence-electron chi connectivity index (χ4n) is 2.32. The van der Waals surface area contributed by atoms with Gasteiger partial charge in [-0.25, -0.2) is 9.78 Å². The van der Waals surface area contributed by atoms with E-state index in [-0.39, 0.29) is 5.69 Å². The van der Waals surface area contributed by atoms with Crippen molar-refractivity contribution in [3.05, 3.63) is 64.0 Å². The molecule has 2 aromatic heterocycles. The van der Waals surface area contributed by atoms with E-state index >= 15 is 0 Å². The number of esters is 1.